The lowest BCUT2D eigenvalue weighted by Gasteiger charge is -2.00. The number of benzene rings is 1. The first-order valence-electron chi connectivity index (χ1n) is 4.65. The molecule has 0 aliphatic carbocycles. The van der Waals surface area contributed by atoms with Crippen molar-refractivity contribution in [3.8, 4) is 11.1 Å². The maximum absolute atomic E-state index is 5.90. The molecule has 14 heavy (non-hydrogen) atoms. The van der Waals surface area contributed by atoms with Crippen molar-refractivity contribution >= 4 is 5.69 Å². The molecule has 2 aromatic rings. The summed E-state index contributed by atoms with van der Waals surface area (Å²) >= 11 is 0. The lowest BCUT2D eigenvalue weighted by Crippen LogP contribution is -1.84. The Bertz CT molecular complexity index is 455. The van der Waals surface area contributed by atoms with Gasteiger partial charge in [-0.15, -0.1) is 0 Å². The van der Waals surface area contributed by atoms with Crippen molar-refractivity contribution in [1.82, 2.24) is 4.57 Å². The highest BCUT2D eigenvalue weighted by molar-refractivity contribution is 5.76. The predicted octanol–water partition coefficient (Wildman–Crippen LogP) is 2.58. The van der Waals surface area contributed by atoms with Gasteiger partial charge in [0.2, 0.25) is 0 Å². The molecule has 0 aliphatic rings. The molecule has 2 N–H and O–H groups in total. The van der Waals surface area contributed by atoms with E-state index < -0.39 is 0 Å². The number of hydrogen-bond donors (Lipinski definition) is 1. The Labute approximate surface area is 84.0 Å². The fourth-order valence-corrected chi connectivity index (χ4v) is 1.66. The predicted molar refractivity (Wildman–Crippen MR) is 60.0 cm³/mol. The van der Waals surface area contributed by atoms with Crippen molar-refractivity contribution in [3.63, 3.8) is 0 Å². The molecule has 1 aromatic carbocycles. The van der Waals surface area contributed by atoms with Crippen LogP contribution in [0.4, 0.5) is 5.69 Å². The summed E-state index contributed by atoms with van der Waals surface area (Å²) < 4.78 is 1.98. The Hall–Kier alpha value is -1.70. The fraction of sp³-hybridized carbons (Fsp3) is 0.167. The number of rotatable bonds is 1. The molecular weight excluding hydrogens is 172 g/mol. The molecule has 2 rings (SSSR count). The molecule has 0 saturated carbocycles. The Morgan fingerprint density at radius 2 is 2.00 bits per heavy atom. The summed E-state index contributed by atoms with van der Waals surface area (Å²) in [7, 11) is 1.98. The second kappa shape index (κ2) is 3.22. The van der Waals surface area contributed by atoms with Crippen LogP contribution in [0.25, 0.3) is 11.1 Å². The van der Waals surface area contributed by atoms with Crippen LogP contribution >= 0.6 is 0 Å². The van der Waals surface area contributed by atoms with Gasteiger partial charge >= 0.3 is 0 Å². The fourth-order valence-electron chi connectivity index (χ4n) is 1.66. The second-order valence-corrected chi connectivity index (χ2v) is 3.66. The minimum absolute atomic E-state index is 0.832. The molecule has 2 nitrogen and oxygen atoms in total. The Morgan fingerprint density at radius 3 is 2.57 bits per heavy atom. The van der Waals surface area contributed by atoms with Gasteiger partial charge in [-0.25, -0.2) is 0 Å². The highest BCUT2D eigenvalue weighted by Gasteiger charge is 2.04. The van der Waals surface area contributed by atoms with Gasteiger partial charge in [-0.2, -0.15) is 0 Å². The van der Waals surface area contributed by atoms with Gasteiger partial charge in [0.15, 0.2) is 0 Å². The first-order valence-corrected chi connectivity index (χ1v) is 4.65. The highest BCUT2D eigenvalue weighted by Crippen LogP contribution is 2.26. The Kier molecular flexibility index (Phi) is 2.04. The number of anilines is 1. The number of aromatic nitrogens is 1. The first kappa shape index (κ1) is 8.88. The summed E-state index contributed by atoms with van der Waals surface area (Å²) in [6.07, 6.45) is 3.97. The maximum Gasteiger partial charge on any atom is 0.0573 e. The monoisotopic (exact) mass is 186 g/mol. The summed E-state index contributed by atoms with van der Waals surface area (Å²) in [6, 6.07) is 8.37. The van der Waals surface area contributed by atoms with Crippen LogP contribution in [0.3, 0.4) is 0 Å². The quantitative estimate of drug-likeness (QED) is 0.729. The molecule has 0 fully saturated rings. The van der Waals surface area contributed by atoms with E-state index in [4.69, 9.17) is 5.73 Å². The number of hydrogen-bond acceptors (Lipinski definition) is 1. The highest BCUT2D eigenvalue weighted by atomic mass is 14.9. The second-order valence-electron chi connectivity index (χ2n) is 3.66. The van der Waals surface area contributed by atoms with Crippen LogP contribution in [0, 0.1) is 6.92 Å². The minimum atomic E-state index is 0.832. The van der Waals surface area contributed by atoms with Crippen LogP contribution < -0.4 is 5.73 Å². The van der Waals surface area contributed by atoms with E-state index in [0.717, 1.165) is 11.3 Å². The number of aryl methyl sites for hydroxylation is 2. The Balaban J connectivity index is 2.54. The van der Waals surface area contributed by atoms with Gasteiger partial charge in [0, 0.05) is 25.0 Å². The average molecular weight is 186 g/mol. The normalized spacial score (nSPS) is 10.4. The summed E-state index contributed by atoms with van der Waals surface area (Å²) in [6.45, 7) is 2.09. The van der Waals surface area contributed by atoms with E-state index in [2.05, 4.69) is 31.2 Å². The van der Waals surface area contributed by atoms with E-state index in [0.29, 0.717) is 0 Å². The number of nitrogens with zero attached hydrogens (tertiary/aromatic N) is 1. The zero-order valence-corrected chi connectivity index (χ0v) is 8.49. The maximum atomic E-state index is 5.90. The molecule has 0 bridgehead atoms. The van der Waals surface area contributed by atoms with Crippen molar-refractivity contribution < 1.29 is 0 Å². The molecule has 1 aromatic heterocycles. The van der Waals surface area contributed by atoms with Gasteiger partial charge in [0.05, 0.1) is 5.69 Å². The van der Waals surface area contributed by atoms with Crippen molar-refractivity contribution in [2.45, 2.75) is 6.92 Å². The van der Waals surface area contributed by atoms with Gasteiger partial charge < -0.3 is 10.3 Å². The van der Waals surface area contributed by atoms with Crippen molar-refractivity contribution in [3.05, 3.63) is 42.2 Å². The topological polar surface area (TPSA) is 30.9 Å². The zero-order valence-electron chi connectivity index (χ0n) is 8.49. The third-order valence-corrected chi connectivity index (χ3v) is 2.32. The van der Waals surface area contributed by atoms with Crippen molar-refractivity contribution in [2.24, 2.45) is 7.05 Å². The molecule has 0 unspecified atom stereocenters. The molecule has 0 radical (unpaired) electrons. The van der Waals surface area contributed by atoms with E-state index in [-0.39, 0.29) is 0 Å². The minimum Gasteiger partial charge on any atom is -0.397 e. The largest absolute Gasteiger partial charge is 0.397 e. The summed E-state index contributed by atoms with van der Waals surface area (Å²) in [4.78, 5) is 0. The molecule has 0 saturated heterocycles. The van der Waals surface area contributed by atoms with Crippen LogP contribution in [-0.2, 0) is 7.05 Å². The Morgan fingerprint density at radius 1 is 1.21 bits per heavy atom. The van der Waals surface area contributed by atoms with E-state index >= 15 is 0 Å². The van der Waals surface area contributed by atoms with E-state index in [1.54, 1.807) is 0 Å². The van der Waals surface area contributed by atoms with Crippen molar-refractivity contribution in [2.75, 3.05) is 5.73 Å². The van der Waals surface area contributed by atoms with Gasteiger partial charge in [0.25, 0.3) is 0 Å². The van der Waals surface area contributed by atoms with Crippen LogP contribution in [0.1, 0.15) is 5.56 Å². The van der Waals surface area contributed by atoms with Gasteiger partial charge in [-0.3, -0.25) is 0 Å². The SMILES string of the molecule is Cc1cccc(-c2cn(C)cc2N)c1. The van der Waals surface area contributed by atoms with E-state index in [9.17, 15) is 0 Å². The molecule has 2 heteroatoms. The third kappa shape index (κ3) is 1.51. The van der Waals surface area contributed by atoms with E-state index in [1.807, 2.05) is 24.0 Å². The van der Waals surface area contributed by atoms with Crippen molar-refractivity contribution in [1.29, 1.82) is 0 Å². The van der Waals surface area contributed by atoms with Crippen LogP contribution in [0.15, 0.2) is 36.7 Å². The van der Waals surface area contributed by atoms with Gasteiger partial charge in [-0.05, 0) is 12.5 Å². The summed E-state index contributed by atoms with van der Waals surface area (Å²) in [5.74, 6) is 0. The molecule has 72 valence electrons. The smallest absolute Gasteiger partial charge is 0.0573 e. The average Bonchev–Trinajstić information content (AvgIpc) is 2.45. The molecule has 1 heterocycles. The number of nitrogen functional groups attached to an aromatic ring is 1. The number of nitrogens with two attached hydrogens (primary N) is 1. The zero-order chi connectivity index (χ0) is 10.1. The van der Waals surface area contributed by atoms with Crippen LogP contribution in [0.5, 0.6) is 0 Å². The first-order chi connectivity index (χ1) is 6.66. The van der Waals surface area contributed by atoms with Crippen LogP contribution in [-0.4, -0.2) is 4.57 Å². The standard InChI is InChI=1S/C12H14N2/c1-9-4-3-5-10(6-9)11-7-14(2)8-12(11)13/h3-8H,13H2,1-2H3. The lowest BCUT2D eigenvalue weighted by molar-refractivity contribution is 0.929. The summed E-state index contributed by atoms with van der Waals surface area (Å²) in [5.41, 5.74) is 10.3. The molecule has 0 aliphatic heterocycles. The van der Waals surface area contributed by atoms with E-state index in [1.165, 1.54) is 11.1 Å². The third-order valence-electron chi connectivity index (χ3n) is 2.32. The summed E-state index contributed by atoms with van der Waals surface area (Å²) in [5, 5.41) is 0. The van der Waals surface area contributed by atoms with Crippen LogP contribution in [0.2, 0.25) is 0 Å². The molecule has 0 atom stereocenters. The molecule has 0 amide bonds. The van der Waals surface area contributed by atoms with Gasteiger partial charge in [-0.1, -0.05) is 29.8 Å². The molecular formula is C12H14N2. The lowest BCUT2D eigenvalue weighted by atomic mass is 10.1. The van der Waals surface area contributed by atoms with Gasteiger partial charge in [0.1, 0.15) is 0 Å². The molecule has 0 spiro atoms.